The Morgan fingerprint density at radius 3 is 2.62 bits per heavy atom. The fourth-order valence-electron chi connectivity index (χ4n) is 5.77. The van der Waals surface area contributed by atoms with Crippen LogP contribution in [0.25, 0.3) is 0 Å². The highest BCUT2D eigenvalue weighted by atomic mass is 16.7. The standard InChI is InChI=1S/C15H18O6/c1-5(2)14(18)8-6-4-7-15(21-7)12(17)20-9(13(6,15)3)10(14)19-11(8)16/h5-10,18H,4H2,1-3H3/t6-,7+,8-,9+,10-,13-,14+,15-/m0/s1. The zero-order chi connectivity index (χ0) is 14.9. The lowest BCUT2D eigenvalue weighted by Gasteiger charge is -2.50. The van der Waals surface area contributed by atoms with E-state index in [2.05, 4.69) is 0 Å². The van der Waals surface area contributed by atoms with E-state index in [1.165, 1.54) is 0 Å². The minimum atomic E-state index is -1.27. The van der Waals surface area contributed by atoms with E-state index in [1.54, 1.807) is 0 Å². The van der Waals surface area contributed by atoms with Crippen molar-refractivity contribution in [2.75, 3.05) is 0 Å². The smallest absolute Gasteiger partial charge is 0.342 e. The Bertz CT molecular complexity index is 597. The maximum Gasteiger partial charge on any atom is 0.342 e. The molecule has 3 heterocycles. The summed E-state index contributed by atoms with van der Waals surface area (Å²) < 4.78 is 16.7. The van der Waals surface area contributed by atoms with Gasteiger partial charge in [0, 0.05) is 0 Å². The molecule has 0 aromatic heterocycles. The Morgan fingerprint density at radius 2 is 1.95 bits per heavy atom. The number of hydrogen-bond acceptors (Lipinski definition) is 6. The van der Waals surface area contributed by atoms with Crippen LogP contribution in [-0.4, -0.2) is 46.6 Å². The highest BCUT2D eigenvalue weighted by Gasteiger charge is 2.92. The molecule has 1 spiro atoms. The van der Waals surface area contributed by atoms with E-state index in [9.17, 15) is 14.7 Å². The van der Waals surface area contributed by atoms with E-state index >= 15 is 0 Å². The molecule has 6 nitrogen and oxygen atoms in total. The summed E-state index contributed by atoms with van der Waals surface area (Å²) >= 11 is 0. The largest absolute Gasteiger partial charge is 0.455 e. The molecule has 0 aromatic rings. The number of fused-ring (bicyclic) bond motifs is 4. The van der Waals surface area contributed by atoms with Gasteiger partial charge in [-0.2, -0.15) is 0 Å². The zero-order valence-corrected chi connectivity index (χ0v) is 12.2. The number of epoxide rings is 1. The predicted octanol–water partition coefficient (Wildman–Crippen LogP) is 0.0179. The molecule has 2 aliphatic carbocycles. The summed E-state index contributed by atoms with van der Waals surface area (Å²) in [7, 11) is 0. The highest BCUT2D eigenvalue weighted by Crippen LogP contribution is 2.76. The fraction of sp³-hybridized carbons (Fsp3) is 0.867. The Kier molecular flexibility index (Phi) is 1.77. The van der Waals surface area contributed by atoms with Gasteiger partial charge >= 0.3 is 11.9 Å². The van der Waals surface area contributed by atoms with Gasteiger partial charge in [0.2, 0.25) is 5.60 Å². The Balaban J connectivity index is 1.74. The molecule has 0 amide bonds. The second kappa shape index (κ2) is 2.99. The van der Waals surface area contributed by atoms with Crippen molar-refractivity contribution < 1.29 is 28.9 Å². The molecule has 0 radical (unpaired) electrons. The van der Waals surface area contributed by atoms with Crippen LogP contribution in [0.15, 0.2) is 0 Å². The first kappa shape index (κ1) is 12.4. The van der Waals surface area contributed by atoms with Crippen LogP contribution in [0.4, 0.5) is 0 Å². The fourth-order valence-corrected chi connectivity index (χ4v) is 5.77. The molecule has 5 rings (SSSR count). The van der Waals surface area contributed by atoms with Crippen LogP contribution in [0.2, 0.25) is 0 Å². The summed E-state index contributed by atoms with van der Waals surface area (Å²) in [6.07, 6.45) is -0.961. The number of hydrogen-bond donors (Lipinski definition) is 1. The molecular formula is C15H18O6. The maximum absolute atomic E-state index is 12.4. The SMILES string of the molecule is CC(C)[C@@]1(O)[C@@H]2C(=O)O[C@H]1[C@H]1OC(=O)[C@@]34O[C@@H]3C[C@@H]2[C@@]14C. The Morgan fingerprint density at radius 1 is 1.24 bits per heavy atom. The molecule has 8 atom stereocenters. The van der Waals surface area contributed by atoms with Gasteiger partial charge in [-0.3, -0.25) is 4.79 Å². The number of carbonyl (C=O) groups excluding carboxylic acids is 2. The predicted molar refractivity (Wildman–Crippen MR) is 66.9 cm³/mol. The monoisotopic (exact) mass is 294 g/mol. The van der Waals surface area contributed by atoms with Gasteiger partial charge in [-0.25, -0.2) is 4.79 Å². The lowest BCUT2D eigenvalue weighted by Crippen LogP contribution is -2.66. The molecule has 3 saturated heterocycles. The molecule has 21 heavy (non-hydrogen) atoms. The number of carbonyl (C=O) groups is 2. The average molecular weight is 294 g/mol. The molecule has 2 bridgehead atoms. The van der Waals surface area contributed by atoms with E-state index in [4.69, 9.17) is 14.2 Å². The number of ether oxygens (including phenoxy) is 3. The van der Waals surface area contributed by atoms with Gasteiger partial charge in [-0.15, -0.1) is 0 Å². The van der Waals surface area contributed by atoms with Crippen molar-refractivity contribution in [1.29, 1.82) is 0 Å². The highest BCUT2D eigenvalue weighted by molar-refractivity contribution is 5.90. The van der Waals surface area contributed by atoms with Crippen LogP contribution >= 0.6 is 0 Å². The molecule has 0 aromatic carbocycles. The zero-order valence-electron chi connectivity index (χ0n) is 12.2. The summed E-state index contributed by atoms with van der Waals surface area (Å²) in [6, 6.07) is 0. The second-order valence-corrected chi connectivity index (χ2v) is 7.67. The number of aliphatic hydroxyl groups is 1. The van der Waals surface area contributed by atoms with Crippen molar-refractivity contribution in [2.45, 2.75) is 56.7 Å². The summed E-state index contributed by atoms with van der Waals surface area (Å²) in [5, 5.41) is 11.2. The molecule has 5 fully saturated rings. The van der Waals surface area contributed by atoms with Crippen LogP contribution in [0.1, 0.15) is 27.2 Å². The molecule has 6 heteroatoms. The van der Waals surface area contributed by atoms with Crippen molar-refractivity contribution in [1.82, 2.24) is 0 Å². The van der Waals surface area contributed by atoms with Gasteiger partial charge in [-0.1, -0.05) is 20.8 Å². The minimum Gasteiger partial charge on any atom is -0.455 e. The van der Waals surface area contributed by atoms with Crippen LogP contribution < -0.4 is 0 Å². The van der Waals surface area contributed by atoms with Gasteiger partial charge < -0.3 is 19.3 Å². The Hall–Kier alpha value is -1.14. The average Bonchev–Trinajstić information content (AvgIpc) is 2.95. The molecule has 5 aliphatic rings. The van der Waals surface area contributed by atoms with E-state index in [0.717, 1.165) is 0 Å². The molecule has 3 aliphatic heterocycles. The summed E-state index contributed by atoms with van der Waals surface area (Å²) in [5.41, 5.74) is -2.74. The maximum atomic E-state index is 12.4. The van der Waals surface area contributed by atoms with Gasteiger partial charge in [0.05, 0.1) is 11.3 Å². The van der Waals surface area contributed by atoms with E-state index in [0.29, 0.717) is 6.42 Å². The first-order chi connectivity index (χ1) is 9.79. The van der Waals surface area contributed by atoms with Crippen LogP contribution in [0, 0.1) is 23.2 Å². The minimum absolute atomic E-state index is 0.133. The first-order valence-corrected chi connectivity index (χ1v) is 7.61. The van der Waals surface area contributed by atoms with Crippen molar-refractivity contribution in [3.8, 4) is 0 Å². The number of rotatable bonds is 1. The third-order valence-electron chi connectivity index (χ3n) is 6.94. The van der Waals surface area contributed by atoms with Gasteiger partial charge in [0.1, 0.15) is 11.7 Å². The van der Waals surface area contributed by atoms with Gasteiger partial charge in [0.25, 0.3) is 0 Å². The topological polar surface area (TPSA) is 85.4 Å². The van der Waals surface area contributed by atoms with Gasteiger partial charge in [0.15, 0.2) is 12.2 Å². The summed E-state index contributed by atoms with van der Waals surface area (Å²) in [4.78, 5) is 24.7. The summed E-state index contributed by atoms with van der Waals surface area (Å²) in [5.74, 6) is -1.59. The molecular weight excluding hydrogens is 276 g/mol. The van der Waals surface area contributed by atoms with Crippen LogP contribution in [-0.2, 0) is 23.8 Å². The second-order valence-electron chi connectivity index (χ2n) is 7.67. The van der Waals surface area contributed by atoms with Crippen LogP contribution in [0.5, 0.6) is 0 Å². The van der Waals surface area contributed by atoms with E-state index in [1.807, 2.05) is 20.8 Å². The molecule has 0 unspecified atom stereocenters. The normalized spacial score (nSPS) is 62.4. The van der Waals surface area contributed by atoms with Gasteiger partial charge in [-0.05, 0) is 18.3 Å². The quantitative estimate of drug-likeness (QED) is 0.542. The Labute approximate surface area is 121 Å². The summed E-state index contributed by atoms with van der Waals surface area (Å²) in [6.45, 7) is 5.72. The third-order valence-corrected chi connectivity index (χ3v) is 6.94. The van der Waals surface area contributed by atoms with Crippen molar-refractivity contribution in [2.24, 2.45) is 23.2 Å². The van der Waals surface area contributed by atoms with Crippen molar-refractivity contribution in [3.05, 3.63) is 0 Å². The van der Waals surface area contributed by atoms with Crippen LogP contribution in [0.3, 0.4) is 0 Å². The lowest BCUT2D eigenvalue weighted by molar-refractivity contribution is -0.201. The molecule has 114 valence electrons. The van der Waals surface area contributed by atoms with Crippen molar-refractivity contribution in [3.63, 3.8) is 0 Å². The third kappa shape index (κ3) is 0.908. The van der Waals surface area contributed by atoms with E-state index in [-0.39, 0.29) is 29.9 Å². The van der Waals surface area contributed by atoms with Crippen molar-refractivity contribution >= 4 is 11.9 Å². The van der Waals surface area contributed by atoms with E-state index < -0.39 is 34.7 Å². The first-order valence-electron chi connectivity index (χ1n) is 7.61. The number of esters is 2. The molecule has 2 saturated carbocycles. The molecule has 1 N–H and O–H groups in total. The lowest BCUT2D eigenvalue weighted by atomic mass is 9.53.